The lowest BCUT2D eigenvalue weighted by molar-refractivity contribution is 0.0878. The molecule has 4 aliphatic carbocycles. The van der Waals surface area contributed by atoms with Crippen molar-refractivity contribution in [3.05, 3.63) is 35.8 Å². The molecule has 6 rings (SSSR count). The molecule has 0 aromatic rings. The van der Waals surface area contributed by atoms with Gasteiger partial charge in [-0.1, -0.05) is 25.8 Å². The highest BCUT2D eigenvalue weighted by Crippen LogP contribution is 2.60. The van der Waals surface area contributed by atoms with E-state index in [1.807, 2.05) is 6.20 Å². The molecular weight excluding hydrogens is 516 g/mol. The highest BCUT2D eigenvalue weighted by Gasteiger charge is 2.53. The fourth-order valence-electron chi connectivity index (χ4n) is 9.86. The van der Waals surface area contributed by atoms with E-state index in [0.29, 0.717) is 17.4 Å². The Morgan fingerprint density at radius 2 is 1.86 bits per heavy atom. The molecule has 0 aromatic carbocycles. The number of nitrogens with zero attached hydrogens (tertiary/aromatic N) is 5. The molecule has 2 spiro atoms. The number of hydrogen-bond donors (Lipinski definition) is 1. The Hall–Kier alpha value is -2.21. The Bertz CT molecular complexity index is 1140. The van der Waals surface area contributed by atoms with Crippen molar-refractivity contribution in [1.29, 1.82) is 5.41 Å². The maximum atomic E-state index is 9.66. The Balaban J connectivity index is 1.29. The first-order chi connectivity index (χ1) is 20.4. The molecule has 4 saturated carbocycles. The van der Waals surface area contributed by atoms with Crippen LogP contribution in [0.4, 0.5) is 0 Å². The fourth-order valence-corrected chi connectivity index (χ4v) is 9.86. The molecular formula is C36H56N6. The van der Waals surface area contributed by atoms with E-state index in [-0.39, 0.29) is 5.54 Å². The van der Waals surface area contributed by atoms with Gasteiger partial charge in [-0.15, -0.1) is 0 Å². The van der Waals surface area contributed by atoms with Gasteiger partial charge in [-0.2, -0.15) is 0 Å². The zero-order valence-corrected chi connectivity index (χ0v) is 26.7. The van der Waals surface area contributed by atoms with Crippen molar-refractivity contribution < 1.29 is 0 Å². The van der Waals surface area contributed by atoms with Crippen LogP contribution < -0.4 is 0 Å². The molecule has 2 heterocycles. The van der Waals surface area contributed by atoms with Crippen molar-refractivity contribution in [2.75, 3.05) is 39.8 Å². The summed E-state index contributed by atoms with van der Waals surface area (Å²) in [6.07, 6.45) is 23.2. The predicted octanol–water partition coefficient (Wildman–Crippen LogP) is 7.24. The molecule has 1 N–H and O–H groups in total. The molecule has 230 valence electrons. The fraction of sp³-hybridized carbons (Fsp3) is 0.750. The first-order valence-electron chi connectivity index (χ1n) is 17.3. The van der Waals surface area contributed by atoms with Gasteiger partial charge in [-0.25, -0.2) is 4.99 Å². The average molecular weight is 573 g/mol. The van der Waals surface area contributed by atoms with E-state index in [2.05, 4.69) is 53.0 Å². The second-order valence-electron chi connectivity index (χ2n) is 14.5. The zero-order chi connectivity index (χ0) is 29.3. The van der Waals surface area contributed by atoms with Gasteiger partial charge in [-0.3, -0.25) is 4.99 Å². The molecule has 6 nitrogen and oxygen atoms in total. The number of rotatable bonds is 9. The number of likely N-dealkylation sites (tertiary alicyclic amines) is 1. The van der Waals surface area contributed by atoms with Crippen LogP contribution in [0.2, 0.25) is 0 Å². The minimum absolute atomic E-state index is 0.221. The standard InChI is InChI=1S/C36H56N6/c1-5-42-24-23-41(26-35(42)19-20-35)33(38-3)25-32(39-21-9-12-29-13-10-22-40(29)4)27(2)30-16-15-28-11-8-18-36(28)17-7-6-14-31(36)34(30)37/h5,25,28-29,31,37H,1,3,6-24,26H2,2,4H3/b30-27+,33-25+,37-34?,39-32?. The van der Waals surface area contributed by atoms with Crippen LogP contribution >= 0.6 is 0 Å². The molecule has 6 aliphatic rings. The van der Waals surface area contributed by atoms with Gasteiger partial charge < -0.3 is 20.1 Å². The van der Waals surface area contributed by atoms with Crippen molar-refractivity contribution >= 4 is 18.1 Å². The third kappa shape index (κ3) is 5.57. The summed E-state index contributed by atoms with van der Waals surface area (Å²) < 4.78 is 0. The highest BCUT2D eigenvalue weighted by atomic mass is 15.4. The van der Waals surface area contributed by atoms with Crippen molar-refractivity contribution in [2.45, 2.75) is 115 Å². The number of aliphatic imine (C=N–C) groups is 2. The number of hydrogen-bond acceptors (Lipinski definition) is 6. The van der Waals surface area contributed by atoms with Crippen LogP contribution in [0.15, 0.2) is 45.8 Å². The van der Waals surface area contributed by atoms with Crippen LogP contribution in [-0.2, 0) is 0 Å². The first kappa shape index (κ1) is 29.8. The van der Waals surface area contributed by atoms with E-state index in [1.54, 1.807) is 0 Å². The topological polar surface area (TPSA) is 58.3 Å². The Morgan fingerprint density at radius 3 is 2.60 bits per heavy atom. The maximum absolute atomic E-state index is 9.66. The molecule has 6 fully saturated rings. The van der Waals surface area contributed by atoms with Gasteiger partial charge in [0.15, 0.2) is 0 Å². The van der Waals surface area contributed by atoms with Crippen LogP contribution in [0.25, 0.3) is 0 Å². The molecule has 42 heavy (non-hydrogen) atoms. The molecule has 4 atom stereocenters. The van der Waals surface area contributed by atoms with Gasteiger partial charge in [0.25, 0.3) is 0 Å². The summed E-state index contributed by atoms with van der Waals surface area (Å²) in [5, 5.41) is 9.66. The molecule has 2 aliphatic heterocycles. The van der Waals surface area contributed by atoms with Gasteiger partial charge in [0.05, 0.1) is 11.3 Å². The second kappa shape index (κ2) is 12.4. The number of nitrogens with one attached hydrogen (secondary N) is 1. The van der Waals surface area contributed by atoms with Crippen LogP contribution in [0.5, 0.6) is 0 Å². The first-order valence-corrected chi connectivity index (χ1v) is 17.3. The monoisotopic (exact) mass is 572 g/mol. The van der Waals surface area contributed by atoms with Crippen molar-refractivity contribution in [3.8, 4) is 0 Å². The Kier molecular flexibility index (Phi) is 8.82. The minimum Gasteiger partial charge on any atom is -0.369 e. The largest absolute Gasteiger partial charge is 0.369 e. The van der Waals surface area contributed by atoms with Crippen LogP contribution in [0.1, 0.15) is 103 Å². The minimum atomic E-state index is 0.221. The molecule has 0 radical (unpaired) electrons. The predicted molar refractivity (Wildman–Crippen MR) is 177 cm³/mol. The van der Waals surface area contributed by atoms with Crippen LogP contribution in [0, 0.1) is 22.7 Å². The molecule has 2 saturated heterocycles. The molecule has 0 bridgehead atoms. The summed E-state index contributed by atoms with van der Waals surface area (Å²) in [6.45, 7) is 15.3. The van der Waals surface area contributed by atoms with E-state index in [1.165, 1.54) is 101 Å². The number of piperazine rings is 1. The maximum Gasteiger partial charge on any atom is 0.130 e. The lowest BCUT2D eigenvalue weighted by Crippen LogP contribution is -2.52. The van der Waals surface area contributed by atoms with E-state index >= 15 is 0 Å². The normalized spacial score (nSPS) is 34.7. The summed E-state index contributed by atoms with van der Waals surface area (Å²) in [6, 6.07) is 0.705. The van der Waals surface area contributed by atoms with Gasteiger partial charge in [0.1, 0.15) is 5.82 Å². The average Bonchev–Trinajstić information content (AvgIpc) is 3.50. The summed E-state index contributed by atoms with van der Waals surface area (Å²) in [4.78, 5) is 17.3. The third-order valence-corrected chi connectivity index (χ3v) is 12.5. The van der Waals surface area contributed by atoms with Crippen LogP contribution in [0.3, 0.4) is 0 Å². The Labute approximate surface area is 255 Å². The lowest BCUT2D eigenvalue weighted by Gasteiger charge is -2.45. The third-order valence-electron chi connectivity index (χ3n) is 12.5. The van der Waals surface area contributed by atoms with Crippen molar-refractivity contribution in [1.82, 2.24) is 14.7 Å². The van der Waals surface area contributed by atoms with Crippen LogP contribution in [-0.4, -0.2) is 84.2 Å². The summed E-state index contributed by atoms with van der Waals surface area (Å²) in [7, 11) is 2.27. The molecule has 6 heteroatoms. The van der Waals surface area contributed by atoms with E-state index < -0.39 is 0 Å². The quantitative estimate of drug-likeness (QED) is 0.234. The molecule has 0 amide bonds. The highest BCUT2D eigenvalue weighted by molar-refractivity contribution is 6.15. The number of allylic oxidation sites excluding steroid dienone is 3. The SMILES string of the molecule is C=CN1CCN(/C(=C/C(=NCCCC2CCCN2C)/C(C)=C2\CCC3CCCC34CCCCC4C2=N)N=C)CC12CC2. The van der Waals surface area contributed by atoms with Gasteiger partial charge in [0.2, 0.25) is 0 Å². The summed E-state index contributed by atoms with van der Waals surface area (Å²) in [5.41, 5.74) is 5.14. The smallest absolute Gasteiger partial charge is 0.130 e. The lowest BCUT2D eigenvalue weighted by atomic mass is 9.59. The van der Waals surface area contributed by atoms with Gasteiger partial charge >= 0.3 is 0 Å². The van der Waals surface area contributed by atoms with E-state index in [0.717, 1.165) is 62.2 Å². The molecule has 0 aromatic heterocycles. The van der Waals surface area contributed by atoms with Crippen molar-refractivity contribution in [3.63, 3.8) is 0 Å². The Morgan fingerprint density at radius 1 is 1.02 bits per heavy atom. The van der Waals surface area contributed by atoms with E-state index in [9.17, 15) is 5.41 Å². The summed E-state index contributed by atoms with van der Waals surface area (Å²) in [5.74, 6) is 2.19. The second-order valence-corrected chi connectivity index (χ2v) is 14.5. The molecule has 4 unspecified atom stereocenters. The van der Waals surface area contributed by atoms with Crippen molar-refractivity contribution in [2.24, 2.45) is 27.2 Å². The van der Waals surface area contributed by atoms with Gasteiger partial charge in [0, 0.05) is 49.9 Å². The van der Waals surface area contributed by atoms with Gasteiger partial charge in [-0.05, 0) is 133 Å². The summed E-state index contributed by atoms with van der Waals surface area (Å²) >= 11 is 0. The van der Waals surface area contributed by atoms with E-state index in [4.69, 9.17) is 4.99 Å². The zero-order valence-electron chi connectivity index (χ0n) is 26.7.